The van der Waals surface area contributed by atoms with Crippen molar-refractivity contribution in [3.63, 3.8) is 0 Å². The van der Waals surface area contributed by atoms with Crippen molar-refractivity contribution in [1.29, 1.82) is 0 Å². The largest absolute Gasteiger partial charge is 0.496 e. The maximum atomic E-state index is 5.71. The molecule has 0 N–H and O–H groups in total. The molecule has 0 aliphatic heterocycles. The Labute approximate surface area is 122 Å². The summed E-state index contributed by atoms with van der Waals surface area (Å²) in [5.41, 5.74) is 3.25. The molecular weight excluding hydrogens is 248 g/mol. The smallest absolute Gasteiger partial charge is 0.122 e. The van der Waals surface area contributed by atoms with Crippen LogP contribution < -0.4 is 4.74 Å². The first-order valence-corrected chi connectivity index (χ1v) is 7.81. The van der Waals surface area contributed by atoms with Crippen LogP contribution in [0.2, 0.25) is 0 Å². The zero-order valence-electron chi connectivity index (χ0n) is 13.1. The van der Waals surface area contributed by atoms with Crippen molar-refractivity contribution in [2.24, 2.45) is 11.8 Å². The lowest BCUT2D eigenvalue weighted by atomic mass is 9.54. The van der Waals surface area contributed by atoms with Gasteiger partial charge in [-0.15, -0.1) is 0 Å². The monoisotopic (exact) mass is 274 g/mol. The Morgan fingerprint density at radius 2 is 2.00 bits per heavy atom. The van der Waals surface area contributed by atoms with Crippen molar-refractivity contribution < 1.29 is 9.47 Å². The van der Waals surface area contributed by atoms with E-state index < -0.39 is 0 Å². The first-order chi connectivity index (χ1) is 9.61. The molecule has 0 heterocycles. The lowest BCUT2D eigenvalue weighted by Gasteiger charge is -2.52. The summed E-state index contributed by atoms with van der Waals surface area (Å²) in [7, 11) is 3.65. The molecule has 2 aliphatic rings. The molecule has 2 nitrogen and oxygen atoms in total. The van der Waals surface area contributed by atoms with Gasteiger partial charge in [0.1, 0.15) is 5.75 Å². The van der Waals surface area contributed by atoms with Gasteiger partial charge in [-0.1, -0.05) is 26.0 Å². The van der Waals surface area contributed by atoms with Crippen molar-refractivity contribution in [2.45, 2.75) is 51.0 Å². The molecule has 1 saturated carbocycles. The van der Waals surface area contributed by atoms with Crippen molar-refractivity contribution in [2.75, 3.05) is 14.2 Å². The minimum Gasteiger partial charge on any atom is -0.496 e. The van der Waals surface area contributed by atoms with E-state index in [4.69, 9.17) is 9.47 Å². The van der Waals surface area contributed by atoms with E-state index in [9.17, 15) is 0 Å². The second kappa shape index (κ2) is 5.07. The molecule has 2 aliphatic carbocycles. The molecule has 0 spiro atoms. The Hall–Kier alpha value is -1.02. The number of methoxy groups -OCH3 is 2. The molecule has 0 radical (unpaired) electrons. The second-order valence-electron chi connectivity index (χ2n) is 6.72. The Morgan fingerprint density at radius 3 is 2.70 bits per heavy atom. The SMILES string of the molecule is COc1cccc2c1CCC1[C@H](C)C(OC)CC[C@]21C. The Morgan fingerprint density at radius 1 is 1.20 bits per heavy atom. The third-order valence-electron chi connectivity index (χ3n) is 5.96. The van der Waals surface area contributed by atoms with Gasteiger partial charge >= 0.3 is 0 Å². The molecule has 3 rings (SSSR count). The molecule has 0 saturated heterocycles. The fourth-order valence-electron chi connectivity index (χ4n) is 4.83. The molecule has 110 valence electrons. The van der Waals surface area contributed by atoms with Crippen molar-refractivity contribution in [3.8, 4) is 5.75 Å². The lowest BCUT2D eigenvalue weighted by Crippen LogP contribution is -2.48. The molecule has 0 aromatic heterocycles. The minimum absolute atomic E-state index is 0.288. The maximum Gasteiger partial charge on any atom is 0.122 e. The van der Waals surface area contributed by atoms with Crippen LogP contribution >= 0.6 is 0 Å². The van der Waals surface area contributed by atoms with E-state index in [0.29, 0.717) is 12.0 Å². The van der Waals surface area contributed by atoms with Crippen molar-refractivity contribution >= 4 is 0 Å². The van der Waals surface area contributed by atoms with Crippen molar-refractivity contribution in [1.82, 2.24) is 0 Å². The summed E-state index contributed by atoms with van der Waals surface area (Å²) in [6.07, 6.45) is 5.22. The van der Waals surface area contributed by atoms with Crippen LogP contribution in [0.3, 0.4) is 0 Å². The highest BCUT2D eigenvalue weighted by molar-refractivity contribution is 5.46. The van der Waals surface area contributed by atoms with Gasteiger partial charge in [0.25, 0.3) is 0 Å². The molecule has 1 fully saturated rings. The quantitative estimate of drug-likeness (QED) is 0.812. The van der Waals surface area contributed by atoms with Gasteiger partial charge in [0, 0.05) is 7.11 Å². The topological polar surface area (TPSA) is 18.5 Å². The minimum atomic E-state index is 0.288. The number of rotatable bonds is 2. The van der Waals surface area contributed by atoms with E-state index in [0.717, 1.165) is 18.1 Å². The van der Waals surface area contributed by atoms with Gasteiger partial charge in [-0.3, -0.25) is 0 Å². The first kappa shape index (κ1) is 13.9. The predicted molar refractivity (Wildman–Crippen MR) is 81.4 cm³/mol. The maximum absolute atomic E-state index is 5.71. The Kier molecular flexibility index (Phi) is 3.53. The number of fused-ring (bicyclic) bond motifs is 3. The number of hydrogen-bond donors (Lipinski definition) is 0. The van der Waals surface area contributed by atoms with Crippen LogP contribution in [0.15, 0.2) is 18.2 Å². The fourth-order valence-corrected chi connectivity index (χ4v) is 4.83. The lowest BCUT2D eigenvalue weighted by molar-refractivity contribution is -0.0341. The van der Waals surface area contributed by atoms with E-state index >= 15 is 0 Å². The van der Waals surface area contributed by atoms with Crippen LogP contribution in [0.25, 0.3) is 0 Å². The summed E-state index contributed by atoms with van der Waals surface area (Å²) in [5.74, 6) is 2.43. The van der Waals surface area contributed by atoms with Crippen LogP contribution in [0.5, 0.6) is 5.75 Å². The highest BCUT2D eigenvalue weighted by Gasteiger charge is 2.48. The van der Waals surface area contributed by atoms with Crippen LogP contribution in [0.1, 0.15) is 44.2 Å². The number of benzene rings is 1. The summed E-state index contributed by atoms with van der Waals surface area (Å²) in [6, 6.07) is 6.58. The molecule has 0 amide bonds. The predicted octanol–water partition coefficient (Wildman–Crippen LogP) is 3.96. The van der Waals surface area contributed by atoms with Gasteiger partial charge in [0.15, 0.2) is 0 Å². The van der Waals surface area contributed by atoms with E-state index in [1.54, 1.807) is 7.11 Å². The van der Waals surface area contributed by atoms with Crippen LogP contribution in [-0.4, -0.2) is 20.3 Å². The molecule has 0 bridgehead atoms. The summed E-state index contributed by atoms with van der Waals surface area (Å²) in [5, 5.41) is 0. The normalized spacial score (nSPS) is 36.1. The van der Waals surface area contributed by atoms with Gasteiger partial charge in [-0.25, -0.2) is 0 Å². The van der Waals surface area contributed by atoms with Gasteiger partial charge in [-0.05, 0) is 60.1 Å². The van der Waals surface area contributed by atoms with Crippen molar-refractivity contribution in [3.05, 3.63) is 29.3 Å². The Balaban J connectivity index is 2.04. The molecule has 1 aromatic carbocycles. The van der Waals surface area contributed by atoms with Crippen LogP contribution in [-0.2, 0) is 16.6 Å². The second-order valence-corrected chi connectivity index (χ2v) is 6.72. The molecule has 4 atom stereocenters. The Bertz CT molecular complexity index is 496. The summed E-state index contributed by atoms with van der Waals surface area (Å²) in [6.45, 7) is 4.83. The number of ether oxygens (including phenoxy) is 2. The summed E-state index contributed by atoms with van der Waals surface area (Å²) >= 11 is 0. The average molecular weight is 274 g/mol. The van der Waals surface area contributed by atoms with Gasteiger partial charge in [-0.2, -0.15) is 0 Å². The zero-order valence-corrected chi connectivity index (χ0v) is 13.1. The summed E-state index contributed by atoms with van der Waals surface area (Å²) < 4.78 is 11.3. The number of hydrogen-bond acceptors (Lipinski definition) is 2. The third-order valence-corrected chi connectivity index (χ3v) is 5.96. The average Bonchev–Trinajstić information content (AvgIpc) is 2.47. The molecule has 1 aromatic rings. The third kappa shape index (κ3) is 1.88. The van der Waals surface area contributed by atoms with E-state index in [1.165, 1.54) is 30.4 Å². The van der Waals surface area contributed by atoms with E-state index in [-0.39, 0.29) is 5.41 Å². The van der Waals surface area contributed by atoms with Gasteiger partial charge in [0.2, 0.25) is 0 Å². The molecule has 2 unspecified atom stereocenters. The van der Waals surface area contributed by atoms with E-state index in [2.05, 4.69) is 32.0 Å². The molecule has 2 heteroatoms. The first-order valence-electron chi connectivity index (χ1n) is 7.81. The van der Waals surface area contributed by atoms with Gasteiger partial charge in [0.05, 0.1) is 13.2 Å². The van der Waals surface area contributed by atoms with E-state index in [1.807, 2.05) is 7.11 Å². The molecule has 20 heavy (non-hydrogen) atoms. The summed E-state index contributed by atoms with van der Waals surface area (Å²) in [4.78, 5) is 0. The fraction of sp³-hybridized carbons (Fsp3) is 0.667. The van der Waals surface area contributed by atoms with Crippen LogP contribution in [0, 0.1) is 11.8 Å². The highest BCUT2D eigenvalue weighted by atomic mass is 16.5. The molecular formula is C18H26O2. The van der Waals surface area contributed by atoms with Gasteiger partial charge < -0.3 is 9.47 Å². The standard InChI is InChI=1S/C18H26O2/c1-12-14-9-8-13-15(6-5-7-17(13)20-4)18(14,2)11-10-16(12)19-3/h5-7,12,14,16H,8-11H2,1-4H3/t12-,14?,16?,18-/m0/s1. The zero-order chi connectivity index (χ0) is 14.3. The van der Waals surface area contributed by atoms with Crippen LogP contribution in [0.4, 0.5) is 0 Å². The highest BCUT2D eigenvalue weighted by Crippen LogP contribution is 2.53.